The number of carbonyl (C=O) groups is 2. The molecule has 1 aliphatic heterocycles. The highest BCUT2D eigenvalue weighted by atomic mass is 32.2. The van der Waals surface area contributed by atoms with Gasteiger partial charge in [0.2, 0.25) is 15.9 Å². The number of sulfonamides is 1. The standard InChI is InChI=1S/C31H41F3N4O4S/c1-6-43(41,42)37-28(39)27-24(30(3,4)5)25(36-23-18-22(31(32,33)34)17-19(2)35-23)26(20-13-9-7-10-14-20)38(27)29(40)21-15-11-8-12-16-21/h7,9-10,13-14,17-18,21,24-27H,6,8,11-12,15-16H2,1-5H3,(H,35,36)(H,37,39)/t24-,25-,26-,27-/m1/s1. The van der Waals surface area contributed by atoms with Crippen molar-refractivity contribution < 1.29 is 31.2 Å². The summed E-state index contributed by atoms with van der Waals surface area (Å²) in [5, 5.41) is 3.21. The Morgan fingerprint density at radius 1 is 1.02 bits per heavy atom. The molecule has 4 atom stereocenters. The van der Waals surface area contributed by atoms with E-state index < -0.39 is 57.1 Å². The molecule has 1 aromatic heterocycles. The summed E-state index contributed by atoms with van der Waals surface area (Å²) in [5.74, 6) is -2.53. The van der Waals surface area contributed by atoms with E-state index in [0.717, 1.165) is 31.4 Å². The van der Waals surface area contributed by atoms with E-state index in [0.29, 0.717) is 18.4 Å². The molecule has 1 aromatic carbocycles. The van der Waals surface area contributed by atoms with Crippen molar-refractivity contribution in [1.29, 1.82) is 0 Å². The van der Waals surface area contributed by atoms with Gasteiger partial charge in [-0.2, -0.15) is 13.2 Å². The predicted molar refractivity (Wildman–Crippen MR) is 158 cm³/mol. The minimum absolute atomic E-state index is 0.0418. The van der Waals surface area contributed by atoms with Gasteiger partial charge in [-0.15, -0.1) is 0 Å². The van der Waals surface area contributed by atoms with Crippen LogP contribution in [0.1, 0.15) is 82.7 Å². The van der Waals surface area contributed by atoms with Crippen LogP contribution in [0.4, 0.5) is 19.0 Å². The monoisotopic (exact) mass is 622 g/mol. The summed E-state index contributed by atoms with van der Waals surface area (Å²) in [4.78, 5) is 34.3. The maximum atomic E-state index is 14.4. The molecule has 0 spiro atoms. The number of benzene rings is 1. The second kappa shape index (κ2) is 12.5. The van der Waals surface area contributed by atoms with Gasteiger partial charge in [0.05, 0.1) is 23.4 Å². The molecule has 2 heterocycles. The number of hydrogen-bond acceptors (Lipinski definition) is 6. The Morgan fingerprint density at radius 3 is 2.21 bits per heavy atom. The first kappa shape index (κ1) is 32.8. The van der Waals surface area contributed by atoms with Crippen LogP contribution in [0.5, 0.6) is 0 Å². The molecule has 0 bridgehead atoms. The van der Waals surface area contributed by atoms with Crippen LogP contribution >= 0.6 is 0 Å². The number of alkyl halides is 3. The molecule has 12 heteroatoms. The first-order chi connectivity index (χ1) is 20.0. The number of aryl methyl sites for hydroxylation is 1. The van der Waals surface area contributed by atoms with E-state index in [4.69, 9.17) is 0 Å². The van der Waals surface area contributed by atoms with Gasteiger partial charge in [-0.25, -0.2) is 13.4 Å². The van der Waals surface area contributed by atoms with Gasteiger partial charge in [-0.05, 0) is 49.8 Å². The number of hydrogen-bond donors (Lipinski definition) is 2. The number of nitrogens with zero attached hydrogens (tertiary/aromatic N) is 2. The third-order valence-corrected chi connectivity index (χ3v) is 9.79. The number of halogens is 3. The summed E-state index contributed by atoms with van der Waals surface area (Å²) in [6, 6.07) is 8.12. The molecule has 43 heavy (non-hydrogen) atoms. The SMILES string of the molecule is CCS(=O)(=O)NC(=O)[C@H]1[C@H](C(C)(C)C)[C@@H](Nc2cc(C(F)(F)F)cc(C)n2)[C@@H](c2ccccc2)N1C(=O)C1CCCCC1. The smallest absolute Gasteiger partial charge is 0.364 e. The summed E-state index contributed by atoms with van der Waals surface area (Å²) < 4.78 is 68.8. The number of rotatable bonds is 7. The highest BCUT2D eigenvalue weighted by Gasteiger charge is 2.59. The van der Waals surface area contributed by atoms with Crippen molar-refractivity contribution in [3.63, 3.8) is 0 Å². The normalized spacial score (nSPS) is 23.7. The maximum Gasteiger partial charge on any atom is 0.416 e. The van der Waals surface area contributed by atoms with Crippen molar-refractivity contribution in [1.82, 2.24) is 14.6 Å². The van der Waals surface area contributed by atoms with Crippen molar-refractivity contribution in [3.05, 3.63) is 59.3 Å². The highest BCUT2D eigenvalue weighted by Crippen LogP contribution is 2.50. The van der Waals surface area contributed by atoms with Crippen LogP contribution in [0.2, 0.25) is 0 Å². The average molecular weight is 623 g/mol. The van der Waals surface area contributed by atoms with Gasteiger partial charge < -0.3 is 10.2 Å². The summed E-state index contributed by atoms with van der Waals surface area (Å²) in [7, 11) is -3.98. The van der Waals surface area contributed by atoms with Crippen LogP contribution in [0, 0.1) is 24.2 Å². The van der Waals surface area contributed by atoms with E-state index in [1.165, 1.54) is 18.7 Å². The molecular formula is C31H41F3N4O4S. The summed E-state index contributed by atoms with van der Waals surface area (Å²) in [6.45, 7) is 8.51. The Labute approximate surface area is 251 Å². The largest absolute Gasteiger partial charge is 0.416 e. The van der Waals surface area contributed by atoms with Crippen molar-refractivity contribution >= 4 is 27.7 Å². The van der Waals surface area contributed by atoms with Crippen LogP contribution < -0.4 is 10.0 Å². The van der Waals surface area contributed by atoms with Gasteiger partial charge >= 0.3 is 6.18 Å². The molecule has 1 saturated heterocycles. The number of carbonyl (C=O) groups excluding carboxylic acids is 2. The molecule has 2 aliphatic rings. The average Bonchev–Trinajstić information content (AvgIpc) is 3.28. The quantitative estimate of drug-likeness (QED) is 0.401. The fourth-order valence-electron chi connectivity index (χ4n) is 6.60. The second-order valence-electron chi connectivity index (χ2n) is 12.7. The molecule has 236 valence electrons. The first-order valence-electron chi connectivity index (χ1n) is 14.8. The van der Waals surface area contributed by atoms with Gasteiger partial charge in [0.25, 0.3) is 5.91 Å². The highest BCUT2D eigenvalue weighted by molar-refractivity contribution is 7.90. The van der Waals surface area contributed by atoms with Crippen LogP contribution in [0.25, 0.3) is 0 Å². The number of pyridine rings is 1. The molecule has 2 fully saturated rings. The zero-order valence-electron chi connectivity index (χ0n) is 25.2. The molecule has 8 nitrogen and oxygen atoms in total. The summed E-state index contributed by atoms with van der Waals surface area (Å²) in [5.41, 5.74) is -0.753. The molecule has 4 rings (SSSR count). The molecule has 2 aromatic rings. The van der Waals surface area contributed by atoms with Crippen molar-refractivity contribution in [2.75, 3.05) is 11.1 Å². The van der Waals surface area contributed by atoms with Gasteiger partial charge in [0.1, 0.15) is 11.9 Å². The topological polar surface area (TPSA) is 108 Å². The maximum absolute atomic E-state index is 14.4. The minimum Gasteiger partial charge on any atom is -0.364 e. The van der Waals surface area contributed by atoms with Crippen molar-refractivity contribution in [2.45, 2.75) is 91.0 Å². The second-order valence-corrected chi connectivity index (χ2v) is 14.7. The van der Waals surface area contributed by atoms with E-state index in [9.17, 15) is 31.2 Å². The Hall–Kier alpha value is -3.15. The van der Waals surface area contributed by atoms with E-state index in [2.05, 4.69) is 15.0 Å². The summed E-state index contributed by atoms with van der Waals surface area (Å²) >= 11 is 0. The van der Waals surface area contributed by atoms with Crippen LogP contribution in [-0.2, 0) is 25.8 Å². The molecule has 0 radical (unpaired) electrons. The first-order valence-corrected chi connectivity index (χ1v) is 16.4. The lowest BCUT2D eigenvalue weighted by atomic mass is 9.72. The lowest BCUT2D eigenvalue weighted by Crippen LogP contribution is -2.54. The van der Waals surface area contributed by atoms with Gasteiger partial charge in [0.15, 0.2) is 0 Å². The summed E-state index contributed by atoms with van der Waals surface area (Å²) in [6.07, 6.45) is -0.601. The number of amides is 2. The number of aromatic nitrogens is 1. The van der Waals surface area contributed by atoms with Crippen molar-refractivity contribution in [3.8, 4) is 0 Å². The predicted octanol–water partition coefficient (Wildman–Crippen LogP) is 5.85. The Balaban J connectivity index is 1.94. The fraction of sp³-hybridized carbons (Fsp3) is 0.581. The lowest BCUT2D eigenvalue weighted by Gasteiger charge is -2.37. The molecule has 2 amide bonds. The van der Waals surface area contributed by atoms with Gasteiger partial charge in [-0.1, -0.05) is 70.4 Å². The van der Waals surface area contributed by atoms with Crippen LogP contribution in [-0.4, -0.2) is 48.0 Å². The fourth-order valence-corrected chi connectivity index (χ4v) is 7.17. The van der Waals surface area contributed by atoms with Crippen LogP contribution in [0.15, 0.2) is 42.5 Å². The van der Waals surface area contributed by atoms with E-state index in [1.807, 2.05) is 39.0 Å². The molecule has 2 N–H and O–H groups in total. The number of nitrogens with one attached hydrogen (secondary N) is 2. The number of likely N-dealkylation sites (tertiary alicyclic amines) is 1. The molecule has 1 aliphatic carbocycles. The van der Waals surface area contributed by atoms with Crippen LogP contribution in [0.3, 0.4) is 0 Å². The molecule has 0 unspecified atom stereocenters. The van der Waals surface area contributed by atoms with Gasteiger partial charge in [-0.3, -0.25) is 14.3 Å². The number of anilines is 1. The van der Waals surface area contributed by atoms with Crippen molar-refractivity contribution in [2.24, 2.45) is 17.3 Å². The van der Waals surface area contributed by atoms with E-state index in [1.54, 1.807) is 12.1 Å². The minimum atomic E-state index is -4.61. The zero-order valence-corrected chi connectivity index (χ0v) is 26.1. The Bertz CT molecular complexity index is 1420. The Kier molecular flexibility index (Phi) is 9.49. The third-order valence-electron chi connectivity index (χ3n) is 8.52. The third kappa shape index (κ3) is 7.33. The zero-order chi connectivity index (χ0) is 31.7. The van der Waals surface area contributed by atoms with E-state index in [-0.39, 0.29) is 29.1 Å². The Morgan fingerprint density at radius 2 is 1.65 bits per heavy atom. The molecular weight excluding hydrogens is 581 g/mol. The lowest BCUT2D eigenvalue weighted by molar-refractivity contribution is -0.145. The van der Waals surface area contributed by atoms with E-state index >= 15 is 0 Å². The van der Waals surface area contributed by atoms with Gasteiger partial charge in [0, 0.05) is 17.5 Å². The molecule has 1 saturated carbocycles.